The van der Waals surface area contributed by atoms with Crippen molar-refractivity contribution in [2.75, 3.05) is 17.6 Å². The molecule has 2 aromatic carbocycles. The molecule has 1 unspecified atom stereocenters. The third kappa shape index (κ3) is 4.29. The number of hydrogen-bond donors (Lipinski definition) is 3. The Labute approximate surface area is 147 Å². The van der Waals surface area contributed by atoms with Crippen LogP contribution >= 0.6 is 0 Å². The summed E-state index contributed by atoms with van der Waals surface area (Å²) in [4.78, 5) is 26.1. The standard InChI is InChI=1S/C19H22N4O2/c1-13-7-8-17(16(20)9-13)22-19(25)21-15-10-18(24)23(12-15)11-14-5-3-2-4-6-14/h2-9,15H,10-12,20H2,1H3,(H2,21,22,25). The van der Waals surface area contributed by atoms with E-state index < -0.39 is 0 Å². The van der Waals surface area contributed by atoms with Crippen molar-refractivity contribution in [3.63, 3.8) is 0 Å². The highest BCUT2D eigenvalue weighted by Gasteiger charge is 2.30. The summed E-state index contributed by atoms with van der Waals surface area (Å²) >= 11 is 0. The second kappa shape index (κ2) is 7.25. The minimum atomic E-state index is -0.352. The van der Waals surface area contributed by atoms with Crippen molar-refractivity contribution < 1.29 is 9.59 Å². The molecule has 6 nitrogen and oxygen atoms in total. The van der Waals surface area contributed by atoms with Gasteiger partial charge in [0.1, 0.15) is 0 Å². The fraction of sp³-hybridized carbons (Fsp3) is 0.263. The highest BCUT2D eigenvalue weighted by Crippen LogP contribution is 2.20. The largest absolute Gasteiger partial charge is 0.397 e. The third-order valence-electron chi connectivity index (χ3n) is 4.22. The Bertz CT molecular complexity index is 776. The summed E-state index contributed by atoms with van der Waals surface area (Å²) in [5, 5.41) is 5.59. The zero-order chi connectivity index (χ0) is 17.8. The maximum absolute atomic E-state index is 12.2. The van der Waals surface area contributed by atoms with Crippen molar-refractivity contribution in [2.24, 2.45) is 0 Å². The number of carbonyl (C=O) groups excluding carboxylic acids is 2. The van der Waals surface area contributed by atoms with Gasteiger partial charge in [0.2, 0.25) is 5.91 Å². The van der Waals surface area contributed by atoms with Gasteiger partial charge in [0.25, 0.3) is 0 Å². The smallest absolute Gasteiger partial charge is 0.319 e. The average molecular weight is 338 g/mol. The third-order valence-corrected chi connectivity index (χ3v) is 4.22. The number of nitrogens with two attached hydrogens (primary N) is 1. The van der Waals surface area contributed by atoms with Crippen LogP contribution in [0.25, 0.3) is 0 Å². The zero-order valence-electron chi connectivity index (χ0n) is 14.2. The molecule has 3 amide bonds. The quantitative estimate of drug-likeness (QED) is 0.749. The topological polar surface area (TPSA) is 87.5 Å². The van der Waals surface area contributed by atoms with Gasteiger partial charge in [0.15, 0.2) is 0 Å². The first-order valence-corrected chi connectivity index (χ1v) is 8.26. The summed E-state index contributed by atoms with van der Waals surface area (Å²) in [6, 6.07) is 14.7. The molecule has 0 bridgehead atoms. The molecule has 3 rings (SSSR count). The van der Waals surface area contributed by atoms with Gasteiger partial charge in [-0.1, -0.05) is 36.4 Å². The number of hydrogen-bond acceptors (Lipinski definition) is 3. The lowest BCUT2D eigenvalue weighted by molar-refractivity contribution is -0.128. The van der Waals surface area contributed by atoms with Gasteiger partial charge < -0.3 is 21.3 Å². The first-order valence-electron chi connectivity index (χ1n) is 8.26. The van der Waals surface area contributed by atoms with E-state index in [2.05, 4.69) is 10.6 Å². The molecule has 1 aliphatic heterocycles. The minimum absolute atomic E-state index is 0.0454. The van der Waals surface area contributed by atoms with Crippen molar-refractivity contribution in [2.45, 2.75) is 25.9 Å². The van der Waals surface area contributed by atoms with Gasteiger partial charge >= 0.3 is 6.03 Å². The van der Waals surface area contributed by atoms with Gasteiger partial charge in [-0.15, -0.1) is 0 Å². The fourth-order valence-corrected chi connectivity index (χ4v) is 2.97. The van der Waals surface area contributed by atoms with Crippen LogP contribution in [-0.2, 0) is 11.3 Å². The van der Waals surface area contributed by atoms with Crippen molar-refractivity contribution in [3.05, 3.63) is 59.7 Å². The summed E-state index contributed by atoms with van der Waals surface area (Å²) in [5.74, 6) is 0.0454. The molecule has 0 spiro atoms. The van der Waals surface area contributed by atoms with Crippen LogP contribution < -0.4 is 16.4 Å². The molecule has 25 heavy (non-hydrogen) atoms. The molecule has 1 saturated heterocycles. The molecule has 0 radical (unpaired) electrons. The Morgan fingerprint density at radius 2 is 2.00 bits per heavy atom. The van der Waals surface area contributed by atoms with Crippen LogP contribution in [0, 0.1) is 6.92 Å². The highest BCUT2D eigenvalue weighted by molar-refractivity contribution is 5.93. The number of anilines is 2. The molecular weight excluding hydrogens is 316 g/mol. The second-order valence-corrected chi connectivity index (χ2v) is 6.35. The minimum Gasteiger partial charge on any atom is -0.397 e. The summed E-state index contributed by atoms with van der Waals surface area (Å²) in [6.45, 7) is 3.00. The van der Waals surface area contributed by atoms with E-state index in [0.717, 1.165) is 11.1 Å². The Morgan fingerprint density at radius 3 is 2.72 bits per heavy atom. The van der Waals surface area contributed by atoms with E-state index in [1.807, 2.05) is 43.3 Å². The number of aryl methyl sites for hydroxylation is 1. The number of rotatable bonds is 4. The Balaban J connectivity index is 1.55. The van der Waals surface area contributed by atoms with Gasteiger partial charge in [-0.05, 0) is 30.2 Å². The van der Waals surface area contributed by atoms with Crippen LogP contribution in [0.3, 0.4) is 0 Å². The predicted molar refractivity (Wildman–Crippen MR) is 98.0 cm³/mol. The van der Waals surface area contributed by atoms with Crippen LogP contribution in [-0.4, -0.2) is 29.4 Å². The molecule has 1 fully saturated rings. The monoisotopic (exact) mass is 338 g/mol. The van der Waals surface area contributed by atoms with Crippen LogP contribution in [0.1, 0.15) is 17.5 Å². The molecule has 0 aromatic heterocycles. The van der Waals surface area contributed by atoms with Crippen LogP contribution in [0.5, 0.6) is 0 Å². The first-order chi connectivity index (χ1) is 12.0. The van der Waals surface area contributed by atoms with E-state index in [0.29, 0.717) is 30.9 Å². The van der Waals surface area contributed by atoms with Crippen molar-refractivity contribution in [3.8, 4) is 0 Å². The molecule has 1 atom stereocenters. The Hall–Kier alpha value is -3.02. The van der Waals surface area contributed by atoms with Crippen LogP contribution in [0.4, 0.5) is 16.2 Å². The van der Waals surface area contributed by atoms with Crippen LogP contribution in [0.15, 0.2) is 48.5 Å². The van der Waals surface area contributed by atoms with Gasteiger partial charge in [0, 0.05) is 19.5 Å². The molecule has 4 N–H and O–H groups in total. The lowest BCUT2D eigenvalue weighted by atomic mass is 10.2. The van der Waals surface area contributed by atoms with Gasteiger partial charge in [-0.3, -0.25) is 4.79 Å². The normalized spacial score (nSPS) is 16.8. The molecule has 1 heterocycles. The first kappa shape index (κ1) is 16.8. The van der Waals surface area contributed by atoms with Crippen molar-refractivity contribution in [1.82, 2.24) is 10.2 Å². The van der Waals surface area contributed by atoms with E-state index >= 15 is 0 Å². The molecule has 2 aromatic rings. The summed E-state index contributed by atoms with van der Waals surface area (Å²) in [5.41, 5.74) is 9.09. The fourth-order valence-electron chi connectivity index (χ4n) is 2.97. The molecular formula is C19H22N4O2. The van der Waals surface area contributed by atoms with Crippen molar-refractivity contribution >= 4 is 23.3 Å². The Kier molecular flexibility index (Phi) is 4.88. The molecule has 0 aliphatic carbocycles. The van der Waals surface area contributed by atoms with Gasteiger partial charge in [0.05, 0.1) is 17.4 Å². The Morgan fingerprint density at radius 1 is 1.24 bits per heavy atom. The van der Waals surface area contributed by atoms with E-state index in [1.54, 1.807) is 17.0 Å². The average Bonchev–Trinajstić information content (AvgIpc) is 2.90. The van der Waals surface area contributed by atoms with Gasteiger partial charge in [-0.2, -0.15) is 0 Å². The summed E-state index contributed by atoms with van der Waals surface area (Å²) in [7, 11) is 0. The number of urea groups is 1. The molecule has 0 saturated carbocycles. The second-order valence-electron chi connectivity index (χ2n) is 6.35. The number of likely N-dealkylation sites (tertiary alicyclic amines) is 1. The number of nitrogen functional groups attached to an aromatic ring is 1. The molecule has 1 aliphatic rings. The number of carbonyl (C=O) groups is 2. The summed E-state index contributed by atoms with van der Waals surface area (Å²) in [6.07, 6.45) is 0.309. The lowest BCUT2D eigenvalue weighted by Gasteiger charge is -2.17. The van der Waals surface area contributed by atoms with E-state index in [1.165, 1.54) is 0 Å². The number of nitrogens with zero attached hydrogens (tertiary/aromatic N) is 1. The number of amides is 3. The SMILES string of the molecule is Cc1ccc(NC(=O)NC2CC(=O)N(Cc3ccccc3)C2)c(N)c1. The predicted octanol–water partition coefficient (Wildman–Crippen LogP) is 2.50. The zero-order valence-corrected chi connectivity index (χ0v) is 14.2. The van der Waals surface area contributed by atoms with E-state index in [4.69, 9.17) is 5.73 Å². The summed E-state index contributed by atoms with van der Waals surface area (Å²) < 4.78 is 0. The number of nitrogens with one attached hydrogen (secondary N) is 2. The van der Waals surface area contributed by atoms with E-state index in [9.17, 15) is 9.59 Å². The maximum atomic E-state index is 12.2. The highest BCUT2D eigenvalue weighted by atomic mass is 16.2. The molecule has 130 valence electrons. The van der Waals surface area contributed by atoms with Crippen LogP contribution in [0.2, 0.25) is 0 Å². The van der Waals surface area contributed by atoms with Gasteiger partial charge in [-0.25, -0.2) is 4.79 Å². The van der Waals surface area contributed by atoms with Crippen molar-refractivity contribution in [1.29, 1.82) is 0 Å². The number of benzene rings is 2. The molecule has 6 heteroatoms. The lowest BCUT2D eigenvalue weighted by Crippen LogP contribution is -2.39. The maximum Gasteiger partial charge on any atom is 0.319 e. The van der Waals surface area contributed by atoms with E-state index in [-0.39, 0.29) is 18.0 Å².